The summed E-state index contributed by atoms with van der Waals surface area (Å²) in [7, 11) is 0. The smallest absolute Gasteiger partial charge is 0.0932 e. The van der Waals surface area contributed by atoms with Gasteiger partial charge in [-0.25, -0.2) is 0 Å². The maximum absolute atomic E-state index is 6.33. The Labute approximate surface area is 118 Å². The molecule has 4 rings (SSSR count). The van der Waals surface area contributed by atoms with Crippen LogP contribution in [0.4, 0.5) is 0 Å². The third-order valence-electron chi connectivity index (χ3n) is 4.92. The molecular weight excluding hydrogens is 288 g/mol. The van der Waals surface area contributed by atoms with E-state index < -0.39 is 0 Å². The van der Waals surface area contributed by atoms with Gasteiger partial charge >= 0.3 is 0 Å². The lowest BCUT2D eigenvalue weighted by Crippen LogP contribution is -2.49. The summed E-state index contributed by atoms with van der Waals surface area (Å²) in [6.45, 7) is 3.26. The molecule has 2 aliphatic heterocycles. The Morgan fingerprint density at radius 3 is 2.28 bits per heavy atom. The van der Waals surface area contributed by atoms with Gasteiger partial charge in [-0.15, -0.1) is 0 Å². The number of fused-ring (bicyclic) bond motifs is 3. The number of hydrogen-bond donors (Lipinski definition) is 0. The lowest BCUT2D eigenvalue weighted by atomic mass is 9.62. The molecule has 3 aliphatic rings. The second kappa shape index (κ2) is 4.64. The quantitative estimate of drug-likeness (QED) is 0.760. The molecule has 2 heterocycles. The lowest BCUT2D eigenvalue weighted by molar-refractivity contribution is -0.191. The zero-order valence-electron chi connectivity index (χ0n) is 11.0. The second-order valence-corrected chi connectivity index (χ2v) is 6.96. The molecule has 3 fully saturated rings. The van der Waals surface area contributed by atoms with Crippen LogP contribution in [0.15, 0.2) is 28.7 Å². The van der Waals surface area contributed by atoms with E-state index in [2.05, 4.69) is 47.1 Å². The molecule has 0 amide bonds. The van der Waals surface area contributed by atoms with E-state index in [9.17, 15) is 0 Å². The van der Waals surface area contributed by atoms with Crippen molar-refractivity contribution in [3.63, 3.8) is 0 Å². The van der Waals surface area contributed by atoms with E-state index in [0.29, 0.717) is 5.41 Å². The van der Waals surface area contributed by atoms with E-state index in [1.165, 1.54) is 44.1 Å². The predicted octanol–water partition coefficient (Wildman–Crippen LogP) is 5.04. The van der Waals surface area contributed by atoms with Crippen LogP contribution in [0.5, 0.6) is 0 Å². The predicted molar refractivity (Wildman–Crippen MR) is 77.6 cm³/mol. The summed E-state index contributed by atoms with van der Waals surface area (Å²) >= 11 is 3.51. The van der Waals surface area contributed by atoms with Crippen LogP contribution in [-0.2, 0) is 10.3 Å². The van der Waals surface area contributed by atoms with Gasteiger partial charge in [0.2, 0.25) is 0 Å². The third-order valence-corrected chi connectivity index (χ3v) is 5.45. The number of halogens is 1. The number of hydrogen-bond acceptors (Lipinski definition) is 1. The summed E-state index contributed by atoms with van der Waals surface area (Å²) in [5.41, 5.74) is 1.90. The lowest BCUT2D eigenvalue weighted by Gasteiger charge is -2.53. The molecule has 0 unspecified atom stereocenters. The van der Waals surface area contributed by atoms with E-state index >= 15 is 0 Å². The maximum atomic E-state index is 6.33. The third kappa shape index (κ3) is 2.04. The van der Waals surface area contributed by atoms with Crippen LogP contribution in [0, 0.1) is 5.41 Å². The van der Waals surface area contributed by atoms with Crippen LogP contribution >= 0.6 is 15.9 Å². The van der Waals surface area contributed by atoms with Crippen molar-refractivity contribution in [1.82, 2.24) is 0 Å². The fourth-order valence-corrected chi connectivity index (χ4v) is 4.01. The van der Waals surface area contributed by atoms with Gasteiger partial charge in [0.25, 0.3) is 0 Å². The molecule has 2 saturated heterocycles. The highest BCUT2D eigenvalue weighted by Gasteiger charge is 2.49. The van der Waals surface area contributed by atoms with Gasteiger partial charge in [-0.1, -0.05) is 41.4 Å². The van der Waals surface area contributed by atoms with E-state index in [1.807, 2.05) is 0 Å². The van der Waals surface area contributed by atoms with Crippen molar-refractivity contribution in [3.8, 4) is 0 Å². The molecule has 0 radical (unpaired) electrons. The van der Waals surface area contributed by atoms with Crippen molar-refractivity contribution in [2.45, 2.75) is 51.0 Å². The molecule has 1 aromatic rings. The molecule has 0 atom stereocenters. The molecule has 2 heteroatoms. The molecule has 1 aromatic carbocycles. The van der Waals surface area contributed by atoms with E-state index in [1.54, 1.807) is 0 Å². The molecule has 1 aliphatic carbocycles. The van der Waals surface area contributed by atoms with Gasteiger partial charge < -0.3 is 4.74 Å². The van der Waals surface area contributed by atoms with Crippen molar-refractivity contribution < 1.29 is 4.74 Å². The normalized spacial score (nSPS) is 34.8. The van der Waals surface area contributed by atoms with Gasteiger partial charge in [-0.05, 0) is 55.2 Å². The van der Waals surface area contributed by atoms with Crippen LogP contribution < -0.4 is 0 Å². The fourth-order valence-electron chi connectivity index (χ4n) is 3.74. The Balaban J connectivity index is 1.82. The summed E-state index contributed by atoms with van der Waals surface area (Å²) < 4.78 is 7.48. The molecule has 18 heavy (non-hydrogen) atoms. The van der Waals surface area contributed by atoms with Crippen molar-refractivity contribution in [2.75, 3.05) is 6.61 Å². The van der Waals surface area contributed by atoms with E-state index in [-0.39, 0.29) is 5.60 Å². The van der Waals surface area contributed by atoms with Crippen molar-refractivity contribution in [3.05, 3.63) is 34.3 Å². The number of ether oxygens (including phenoxy) is 1. The molecule has 0 aromatic heterocycles. The zero-order valence-corrected chi connectivity index (χ0v) is 12.6. The second-order valence-electron chi connectivity index (χ2n) is 6.04. The monoisotopic (exact) mass is 308 g/mol. The first-order valence-electron chi connectivity index (χ1n) is 7.08. The highest BCUT2D eigenvalue weighted by atomic mass is 79.9. The Bertz CT molecular complexity index is 399. The van der Waals surface area contributed by atoms with Gasteiger partial charge in [0.05, 0.1) is 12.2 Å². The Hall–Kier alpha value is -0.340. The summed E-state index contributed by atoms with van der Waals surface area (Å²) in [5, 5.41) is 0. The first-order valence-corrected chi connectivity index (χ1v) is 7.87. The van der Waals surface area contributed by atoms with Gasteiger partial charge in [0, 0.05) is 4.47 Å². The largest absolute Gasteiger partial charge is 0.370 e. The average Bonchev–Trinajstić information content (AvgIpc) is 2.42. The first kappa shape index (κ1) is 12.7. The maximum Gasteiger partial charge on any atom is 0.0932 e. The molecule has 1 saturated carbocycles. The standard InChI is InChI=1S/C16H21BrO/c1-2-7-15-8-10-16(11-9-15,18-12-15)13-3-5-14(17)6-4-13/h3-6H,2,7-12H2,1H3. The van der Waals surface area contributed by atoms with Crippen LogP contribution in [0.1, 0.15) is 51.0 Å². The fraction of sp³-hybridized carbons (Fsp3) is 0.625. The molecule has 98 valence electrons. The summed E-state index contributed by atoms with van der Waals surface area (Å²) in [6, 6.07) is 8.72. The number of rotatable bonds is 3. The Kier molecular flexibility index (Phi) is 3.27. The Morgan fingerprint density at radius 1 is 1.11 bits per heavy atom. The first-order chi connectivity index (χ1) is 8.68. The van der Waals surface area contributed by atoms with Gasteiger partial charge in [-0.3, -0.25) is 0 Å². The van der Waals surface area contributed by atoms with E-state index in [0.717, 1.165) is 11.1 Å². The molecule has 1 nitrogen and oxygen atoms in total. The highest BCUT2D eigenvalue weighted by molar-refractivity contribution is 9.10. The topological polar surface area (TPSA) is 9.23 Å². The van der Waals surface area contributed by atoms with Crippen molar-refractivity contribution in [1.29, 1.82) is 0 Å². The highest BCUT2D eigenvalue weighted by Crippen LogP contribution is 2.55. The molecule has 0 N–H and O–H groups in total. The van der Waals surface area contributed by atoms with Crippen LogP contribution in [-0.4, -0.2) is 6.61 Å². The number of benzene rings is 1. The summed E-state index contributed by atoms with van der Waals surface area (Å²) in [6.07, 6.45) is 7.72. The van der Waals surface area contributed by atoms with E-state index in [4.69, 9.17) is 4.74 Å². The zero-order chi connectivity index (χ0) is 12.6. The van der Waals surface area contributed by atoms with Gasteiger partial charge in [-0.2, -0.15) is 0 Å². The molecular formula is C16H21BrO. The molecule has 0 spiro atoms. The van der Waals surface area contributed by atoms with Crippen molar-refractivity contribution >= 4 is 15.9 Å². The Morgan fingerprint density at radius 2 is 1.78 bits per heavy atom. The minimum Gasteiger partial charge on any atom is -0.370 e. The SMILES string of the molecule is CCCC12CCC(c3ccc(Br)cc3)(CC1)OC2. The van der Waals surface area contributed by atoms with Crippen molar-refractivity contribution in [2.24, 2.45) is 5.41 Å². The van der Waals surface area contributed by atoms with Crippen LogP contribution in [0.2, 0.25) is 0 Å². The van der Waals surface area contributed by atoms with Gasteiger partial charge in [0.1, 0.15) is 0 Å². The van der Waals surface area contributed by atoms with Crippen LogP contribution in [0.3, 0.4) is 0 Å². The summed E-state index contributed by atoms with van der Waals surface area (Å²) in [5.74, 6) is 0. The average molecular weight is 309 g/mol. The minimum absolute atomic E-state index is 0.0240. The molecule has 2 bridgehead atoms. The van der Waals surface area contributed by atoms with Gasteiger partial charge in [0.15, 0.2) is 0 Å². The minimum atomic E-state index is 0.0240. The summed E-state index contributed by atoms with van der Waals surface area (Å²) in [4.78, 5) is 0. The van der Waals surface area contributed by atoms with Crippen LogP contribution in [0.25, 0.3) is 0 Å².